The second-order valence-corrected chi connectivity index (χ2v) is 4.37. The van der Waals surface area contributed by atoms with Gasteiger partial charge in [-0.05, 0) is 29.3 Å². The third kappa shape index (κ3) is 2.97. The molecule has 0 aromatic heterocycles. The Bertz CT molecular complexity index is 561. The van der Waals surface area contributed by atoms with E-state index in [2.05, 4.69) is 33.8 Å². The first-order valence-electron chi connectivity index (χ1n) is 5.26. The van der Waals surface area contributed by atoms with Gasteiger partial charge in [0.25, 0.3) is 0 Å². The zero-order valence-corrected chi connectivity index (χ0v) is 10.7. The molecule has 0 aliphatic rings. The summed E-state index contributed by atoms with van der Waals surface area (Å²) in [6, 6.07) is 16.1. The van der Waals surface area contributed by atoms with Gasteiger partial charge in [-0.25, -0.2) is 0 Å². The predicted octanol–water partition coefficient (Wildman–Crippen LogP) is 3.46. The molecule has 0 atom stereocenters. The Labute approximate surface area is 109 Å². The summed E-state index contributed by atoms with van der Waals surface area (Å²) < 4.78 is 1.08. The molecule has 2 aromatic rings. The van der Waals surface area contributed by atoms with Gasteiger partial charge in [0, 0.05) is 10.0 Å². The molecule has 0 unspecified atom stereocenters. The predicted molar refractivity (Wildman–Crippen MR) is 73.5 cm³/mol. The summed E-state index contributed by atoms with van der Waals surface area (Å²) in [6.45, 7) is -0.105. The summed E-state index contributed by atoms with van der Waals surface area (Å²) in [5.41, 5.74) is 3.22. The van der Waals surface area contributed by atoms with E-state index in [1.54, 1.807) is 0 Å². The fraction of sp³-hybridized carbons (Fsp3) is 0.0667. The molecule has 17 heavy (non-hydrogen) atoms. The minimum atomic E-state index is -0.105. The highest BCUT2D eigenvalue weighted by Gasteiger charge is 2.00. The number of aliphatic hydroxyl groups excluding tert-OH is 1. The molecule has 0 saturated carbocycles. The smallest absolute Gasteiger partial charge is 0.104 e. The van der Waals surface area contributed by atoms with E-state index in [0.29, 0.717) is 0 Å². The maximum atomic E-state index is 8.62. The van der Waals surface area contributed by atoms with E-state index in [0.717, 1.165) is 21.2 Å². The molecule has 0 spiro atoms. The van der Waals surface area contributed by atoms with E-state index in [9.17, 15) is 0 Å². The molecule has 1 N–H and O–H groups in total. The topological polar surface area (TPSA) is 20.2 Å². The van der Waals surface area contributed by atoms with Gasteiger partial charge in [0.2, 0.25) is 0 Å². The Hall–Kier alpha value is -1.56. The van der Waals surface area contributed by atoms with Crippen molar-refractivity contribution in [3.05, 3.63) is 58.6 Å². The molecule has 0 heterocycles. The molecule has 0 saturated heterocycles. The zero-order valence-electron chi connectivity index (χ0n) is 9.15. The minimum Gasteiger partial charge on any atom is -0.384 e. The summed E-state index contributed by atoms with van der Waals surface area (Å²) in [5.74, 6) is 5.51. The van der Waals surface area contributed by atoms with Crippen molar-refractivity contribution in [3.63, 3.8) is 0 Å². The molecule has 0 amide bonds. The maximum Gasteiger partial charge on any atom is 0.104 e. The fourth-order valence-electron chi connectivity index (χ4n) is 1.57. The van der Waals surface area contributed by atoms with Crippen LogP contribution in [0.15, 0.2) is 53.0 Å². The Balaban J connectivity index is 2.33. The van der Waals surface area contributed by atoms with Crippen molar-refractivity contribution in [1.82, 2.24) is 0 Å². The summed E-state index contributed by atoms with van der Waals surface area (Å²) >= 11 is 3.53. The van der Waals surface area contributed by atoms with Crippen molar-refractivity contribution >= 4 is 15.9 Å². The van der Waals surface area contributed by atoms with E-state index in [4.69, 9.17) is 5.11 Å². The van der Waals surface area contributed by atoms with E-state index in [1.807, 2.05) is 42.5 Å². The average Bonchev–Trinajstić information content (AvgIpc) is 2.38. The van der Waals surface area contributed by atoms with Crippen LogP contribution in [0.2, 0.25) is 0 Å². The van der Waals surface area contributed by atoms with Crippen molar-refractivity contribution in [2.75, 3.05) is 6.61 Å². The molecule has 84 valence electrons. The third-order valence-corrected chi connectivity index (χ3v) is 3.07. The van der Waals surface area contributed by atoms with Gasteiger partial charge in [-0.1, -0.05) is 58.1 Å². The molecule has 0 fully saturated rings. The summed E-state index contributed by atoms with van der Waals surface area (Å²) in [6.07, 6.45) is 0. The molecule has 1 nitrogen and oxygen atoms in total. The van der Waals surface area contributed by atoms with Crippen molar-refractivity contribution in [2.45, 2.75) is 0 Å². The normalized spacial score (nSPS) is 9.53. The van der Waals surface area contributed by atoms with Crippen molar-refractivity contribution < 1.29 is 5.11 Å². The Morgan fingerprint density at radius 1 is 1.00 bits per heavy atom. The minimum absolute atomic E-state index is 0.105. The Morgan fingerprint density at radius 2 is 1.71 bits per heavy atom. The number of rotatable bonds is 1. The van der Waals surface area contributed by atoms with E-state index >= 15 is 0 Å². The van der Waals surface area contributed by atoms with Gasteiger partial charge in [-0.2, -0.15) is 0 Å². The fourth-order valence-corrected chi connectivity index (χ4v) is 2.08. The average molecular weight is 287 g/mol. The lowest BCUT2D eigenvalue weighted by molar-refractivity contribution is 0.350. The third-order valence-electron chi connectivity index (χ3n) is 2.38. The van der Waals surface area contributed by atoms with Crippen LogP contribution in [-0.2, 0) is 0 Å². The summed E-state index contributed by atoms with van der Waals surface area (Å²) in [4.78, 5) is 0. The van der Waals surface area contributed by atoms with Crippen LogP contribution in [0.25, 0.3) is 11.1 Å². The van der Waals surface area contributed by atoms with Crippen LogP contribution in [0.1, 0.15) is 5.56 Å². The molecule has 0 radical (unpaired) electrons. The van der Waals surface area contributed by atoms with E-state index < -0.39 is 0 Å². The van der Waals surface area contributed by atoms with Crippen molar-refractivity contribution in [1.29, 1.82) is 0 Å². The SMILES string of the molecule is OCC#Cc1ccc(-c2ccccc2Br)cc1. The number of benzene rings is 2. The van der Waals surface area contributed by atoms with Crippen LogP contribution in [0.3, 0.4) is 0 Å². The van der Waals surface area contributed by atoms with Gasteiger partial charge in [-0.3, -0.25) is 0 Å². The van der Waals surface area contributed by atoms with Crippen molar-refractivity contribution in [2.24, 2.45) is 0 Å². The number of hydrogen-bond acceptors (Lipinski definition) is 1. The Kier molecular flexibility index (Phi) is 3.98. The highest BCUT2D eigenvalue weighted by atomic mass is 79.9. The first-order valence-corrected chi connectivity index (χ1v) is 6.05. The molecule has 0 aliphatic heterocycles. The molecule has 2 aromatic carbocycles. The molecule has 2 rings (SSSR count). The maximum absolute atomic E-state index is 8.62. The van der Waals surface area contributed by atoms with Gasteiger partial charge in [-0.15, -0.1) is 0 Å². The van der Waals surface area contributed by atoms with E-state index in [1.165, 1.54) is 0 Å². The van der Waals surface area contributed by atoms with Crippen LogP contribution in [0.5, 0.6) is 0 Å². The van der Waals surface area contributed by atoms with Crippen LogP contribution >= 0.6 is 15.9 Å². The summed E-state index contributed by atoms with van der Waals surface area (Å²) in [7, 11) is 0. The molecule has 2 heteroatoms. The lowest BCUT2D eigenvalue weighted by atomic mass is 10.0. The molecule has 0 aliphatic carbocycles. The van der Waals surface area contributed by atoms with Crippen LogP contribution < -0.4 is 0 Å². The van der Waals surface area contributed by atoms with Crippen LogP contribution in [0.4, 0.5) is 0 Å². The first kappa shape index (κ1) is 11.9. The lowest BCUT2D eigenvalue weighted by Gasteiger charge is -2.04. The van der Waals surface area contributed by atoms with Crippen LogP contribution in [0, 0.1) is 11.8 Å². The van der Waals surface area contributed by atoms with Crippen molar-refractivity contribution in [3.8, 4) is 23.0 Å². The van der Waals surface area contributed by atoms with E-state index in [-0.39, 0.29) is 6.61 Å². The van der Waals surface area contributed by atoms with Gasteiger partial charge >= 0.3 is 0 Å². The zero-order chi connectivity index (χ0) is 12.1. The number of halogens is 1. The Morgan fingerprint density at radius 3 is 2.35 bits per heavy atom. The standard InChI is InChI=1S/C15H11BrO/c16-15-6-2-1-5-14(15)13-9-7-12(8-10-13)4-3-11-17/h1-2,5-10,17H,11H2. The monoisotopic (exact) mass is 286 g/mol. The lowest BCUT2D eigenvalue weighted by Crippen LogP contribution is -1.81. The number of hydrogen-bond donors (Lipinski definition) is 1. The highest BCUT2D eigenvalue weighted by molar-refractivity contribution is 9.10. The number of aliphatic hydroxyl groups is 1. The van der Waals surface area contributed by atoms with Gasteiger partial charge in [0.05, 0.1) is 0 Å². The van der Waals surface area contributed by atoms with Crippen LogP contribution in [-0.4, -0.2) is 11.7 Å². The quantitative estimate of drug-likeness (QED) is 0.796. The molecular formula is C15H11BrO. The second kappa shape index (κ2) is 5.67. The highest BCUT2D eigenvalue weighted by Crippen LogP contribution is 2.27. The molecular weight excluding hydrogens is 276 g/mol. The molecule has 0 bridgehead atoms. The largest absolute Gasteiger partial charge is 0.384 e. The van der Waals surface area contributed by atoms with Gasteiger partial charge < -0.3 is 5.11 Å². The first-order chi connectivity index (χ1) is 8.31. The second-order valence-electron chi connectivity index (χ2n) is 3.52. The summed E-state index contributed by atoms with van der Waals surface area (Å²) in [5, 5.41) is 8.62. The van der Waals surface area contributed by atoms with Gasteiger partial charge in [0.1, 0.15) is 6.61 Å². The van der Waals surface area contributed by atoms with Gasteiger partial charge in [0.15, 0.2) is 0 Å².